The highest BCUT2D eigenvalue weighted by Gasteiger charge is 2.17. The maximum absolute atomic E-state index is 13.4. The SMILES string of the molecule is Cc1cccc(F)c1NC(=O)C(N)CCC(=O)O. The molecule has 5 nitrogen and oxygen atoms in total. The monoisotopic (exact) mass is 254 g/mol. The predicted octanol–water partition coefficient (Wildman–Crippen LogP) is 1.26. The first-order chi connectivity index (χ1) is 8.41. The summed E-state index contributed by atoms with van der Waals surface area (Å²) in [5.74, 6) is -2.17. The van der Waals surface area contributed by atoms with Crippen LogP contribution in [0, 0.1) is 12.7 Å². The number of hydrogen-bond donors (Lipinski definition) is 3. The third kappa shape index (κ3) is 3.81. The van der Waals surface area contributed by atoms with Crippen LogP contribution in [0.15, 0.2) is 18.2 Å². The number of anilines is 1. The molecule has 0 radical (unpaired) electrons. The molecule has 0 aliphatic heterocycles. The van der Waals surface area contributed by atoms with Gasteiger partial charge in [-0.25, -0.2) is 4.39 Å². The molecule has 18 heavy (non-hydrogen) atoms. The Bertz CT molecular complexity index is 442. The highest BCUT2D eigenvalue weighted by Crippen LogP contribution is 2.18. The zero-order valence-electron chi connectivity index (χ0n) is 9.94. The number of amides is 1. The summed E-state index contributed by atoms with van der Waals surface area (Å²) in [6.07, 6.45) is -0.195. The third-order valence-electron chi connectivity index (χ3n) is 2.48. The quantitative estimate of drug-likeness (QED) is 0.737. The molecule has 6 heteroatoms. The number of benzene rings is 1. The second kappa shape index (κ2) is 6.11. The molecular weight excluding hydrogens is 239 g/mol. The van der Waals surface area contributed by atoms with Crippen molar-refractivity contribution in [2.45, 2.75) is 25.8 Å². The number of carboxylic acid groups (broad SMARTS) is 1. The van der Waals surface area contributed by atoms with Crippen molar-refractivity contribution in [1.29, 1.82) is 0 Å². The summed E-state index contributed by atoms with van der Waals surface area (Å²) in [4.78, 5) is 22.0. The van der Waals surface area contributed by atoms with Gasteiger partial charge in [0.05, 0.1) is 11.7 Å². The van der Waals surface area contributed by atoms with Gasteiger partial charge in [0, 0.05) is 6.42 Å². The number of carbonyl (C=O) groups is 2. The number of halogens is 1. The highest BCUT2D eigenvalue weighted by atomic mass is 19.1. The molecule has 0 aliphatic rings. The van der Waals surface area contributed by atoms with E-state index in [0.29, 0.717) is 5.56 Å². The summed E-state index contributed by atoms with van der Waals surface area (Å²) in [7, 11) is 0. The summed E-state index contributed by atoms with van der Waals surface area (Å²) in [5.41, 5.74) is 6.17. The van der Waals surface area contributed by atoms with Gasteiger partial charge in [0.2, 0.25) is 5.91 Å². The van der Waals surface area contributed by atoms with E-state index in [2.05, 4.69) is 5.32 Å². The minimum absolute atomic E-state index is 0.00860. The van der Waals surface area contributed by atoms with Crippen molar-refractivity contribution in [3.63, 3.8) is 0 Å². The number of aryl methyl sites for hydroxylation is 1. The zero-order chi connectivity index (χ0) is 13.7. The van der Waals surface area contributed by atoms with Crippen LogP contribution in [-0.4, -0.2) is 23.0 Å². The van der Waals surface area contributed by atoms with Gasteiger partial charge in [-0.15, -0.1) is 0 Å². The fourth-order valence-corrected chi connectivity index (χ4v) is 1.42. The van der Waals surface area contributed by atoms with E-state index in [4.69, 9.17) is 10.8 Å². The normalized spacial score (nSPS) is 11.9. The molecule has 98 valence electrons. The Labute approximate surface area is 104 Å². The Balaban J connectivity index is 2.67. The average molecular weight is 254 g/mol. The first kappa shape index (κ1) is 14.1. The van der Waals surface area contributed by atoms with Crippen LogP contribution < -0.4 is 11.1 Å². The van der Waals surface area contributed by atoms with Crippen LogP contribution in [0.3, 0.4) is 0 Å². The largest absolute Gasteiger partial charge is 0.481 e. The molecule has 0 saturated carbocycles. The Hall–Kier alpha value is -1.95. The molecule has 0 heterocycles. The maximum atomic E-state index is 13.4. The summed E-state index contributed by atoms with van der Waals surface area (Å²) in [6.45, 7) is 1.65. The summed E-state index contributed by atoms with van der Waals surface area (Å²) >= 11 is 0. The molecule has 0 aliphatic carbocycles. The van der Waals surface area contributed by atoms with Crippen molar-refractivity contribution in [2.75, 3.05) is 5.32 Å². The number of nitrogens with two attached hydrogens (primary N) is 1. The second-order valence-corrected chi connectivity index (χ2v) is 3.96. The van der Waals surface area contributed by atoms with Crippen molar-refractivity contribution >= 4 is 17.6 Å². The van der Waals surface area contributed by atoms with Crippen molar-refractivity contribution in [2.24, 2.45) is 5.73 Å². The number of hydrogen-bond acceptors (Lipinski definition) is 3. The predicted molar refractivity (Wildman–Crippen MR) is 64.6 cm³/mol. The number of carbonyl (C=O) groups excluding carboxylic acids is 1. The molecule has 0 fully saturated rings. The lowest BCUT2D eigenvalue weighted by Crippen LogP contribution is -2.36. The van der Waals surface area contributed by atoms with Gasteiger partial charge in [-0.05, 0) is 25.0 Å². The maximum Gasteiger partial charge on any atom is 0.303 e. The lowest BCUT2D eigenvalue weighted by Gasteiger charge is -2.13. The lowest BCUT2D eigenvalue weighted by molar-refractivity contribution is -0.137. The molecular formula is C12H15FN2O3. The van der Waals surface area contributed by atoms with Gasteiger partial charge < -0.3 is 16.2 Å². The van der Waals surface area contributed by atoms with Gasteiger partial charge in [-0.1, -0.05) is 12.1 Å². The topological polar surface area (TPSA) is 92.4 Å². The molecule has 4 N–H and O–H groups in total. The Morgan fingerprint density at radius 2 is 2.17 bits per heavy atom. The fraction of sp³-hybridized carbons (Fsp3) is 0.333. The van der Waals surface area contributed by atoms with Gasteiger partial charge in [-0.2, -0.15) is 0 Å². The van der Waals surface area contributed by atoms with Gasteiger partial charge in [-0.3, -0.25) is 9.59 Å². The Kier molecular flexibility index (Phi) is 4.79. The standard InChI is InChI=1S/C12H15FN2O3/c1-7-3-2-4-8(13)11(7)15-12(18)9(14)5-6-10(16)17/h2-4,9H,5-6,14H2,1H3,(H,15,18)(H,16,17). The van der Waals surface area contributed by atoms with Gasteiger partial charge in [0.15, 0.2) is 0 Å². The van der Waals surface area contributed by atoms with Crippen LogP contribution in [0.4, 0.5) is 10.1 Å². The van der Waals surface area contributed by atoms with Crippen molar-refractivity contribution in [1.82, 2.24) is 0 Å². The number of nitrogens with one attached hydrogen (secondary N) is 1. The highest BCUT2D eigenvalue weighted by molar-refractivity contribution is 5.95. The molecule has 0 aromatic heterocycles. The van der Waals surface area contributed by atoms with E-state index in [1.807, 2.05) is 0 Å². The van der Waals surface area contributed by atoms with Crippen molar-refractivity contribution in [3.8, 4) is 0 Å². The summed E-state index contributed by atoms with van der Waals surface area (Å²) in [6, 6.07) is 3.44. The molecule has 1 aromatic carbocycles. The van der Waals surface area contributed by atoms with Crippen molar-refractivity contribution in [3.05, 3.63) is 29.6 Å². The molecule has 0 bridgehead atoms. The Morgan fingerprint density at radius 3 is 2.72 bits per heavy atom. The average Bonchev–Trinajstić information content (AvgIpc) is 2.30. The van der Waals surface area contributed by atoms with E-state index in [9.17, 15) is 14.0 Å². The van der Waals surface area contributed by atoms with Crippen LogP contribution in [0.25, 0.3) is 0 Å². The van der Waals surface area contributed by atoms with Crippen LogP contribution in [-0.2, 0) is 9.59 Å². The summed E-state index contributed by atoms with van der Waals surface area (Å²) < 4.78 is 13.4. The molecule has 1 unspecified atom stereocenters. The minimum atomic E-state index is -1.03. The van der Waals surface area contributed by atoms with Crippen LogP contribution >= 0.6 is 0 Å². The Morgan fingerprint density at radius 1 is 1.50 bits per heavy atom. The van der Waals surface area contributed by atoms with Gasteiger partial charge >= 0.3 is 5.97 Å². The molecule has 1 rings (SSSR count). The van der Waals surface area contributed by atoms with E-state index < -0.39 is 23.7 Å². The molecule has 1 atom stereocenters. The number of aliphatic carboxylic acids is 1. The lowest BCUT2D eigenvalue weighted by atomic mass is 10.1. The van der Waals surface area contributed by atoms with Gasteiger partial charge in [0.25, 0.3) is 0 Å². The minimum Gasteiger partial charge on any atom is -0.481 e. The fourth-order valence-electron chi connectivity index (χ4n) is 1.42. The van der Waals surface area contributed by atoms with Gasteiger partial charge in [0.1, 0.15) is 5.82 Å². The van der Waals surface area contributed by atoms with Crippen LogP contribution in [0.1, 0.15) is 18.4 Å². The molecule has 0 saturated heterocycles. The molecule has 0 spiro atoms. The van der Waals surface area contributed by atoms with Crippen LogP contribution in [0.5, 0.6) is 0 Å². The second-order valence-electron chi connectivity index (χ2n) is 3.96. The smallest absolute Gasteiger partial charge is 0.303 e. The first-order valence-electron chi connectivity index (χ1n) is 5.45. The van der Waals surface area contributed by atoms with Crippen LogP contribution in [0.2, 0.25) is 0 Å². The summed E-state index contributed by atoms with van der Waals surface area (Å²) in [5, 5.41) is 10.8. The van der Waals surface area contributed by atoms with E-state index in [1.165, 1.54) is 12.1 Å². The van der Waals surface area contributed by atoms with E-state index >= 15 is 0 Å². The zero-order valence-corrected chi connectivity index (χ0v) is 9.94. The molecule has 1 amide bonds. The van der Waals surface area contributed by atoms with E-state index in [1.54, 1.807) is 13.0 Å². The van der Waals surface area contributed by atoms with Crippen molar-refractivity contribution < 1.29 is 19.1 Å². The van der Waals surface area contributed by atoms with E-state index in [-0.39, 0.29) is 18.5 Å². The number of para-hydroxylation sites is 1. The van der Waals surface area contributed by atoms with E-state index in [0.717, 1.165) is 0 Å². The number of carboxylic acids is 1. The third-order valence-corrected chi connectivity index (χ3v) is 2.48. The molecule has 1 aromatic rings. The number of rotatable bonds is 5. The first-order valence-corrected chi connectivity index (χ1v) is 5.45.